The molecule has 0 spiro atoms. The quantitative estimate of drug-likeness (QED) is 0.492. The molecule has 0 saturated carbocycles. The number of aromatic nitrogens is 3. The molecule has 35 heavy (non-hydrogen) atoms. The van der Waals surface area contributed by atoms with Crippen molar-refractivity contribution in [2.24, 2.45) is 5.92 Å². The first kappa shape index (κ1) is 23.2. The van der Waals surface area contributed by atoms with Gasteiger partial charge in [-0.25, -0.2) is 14.8 Å². The van der Waals surface area contributed by atoms with Crippen LogP contribution in [0.5, 0.6) is 0 Å². The van der Waals surface area contributed by atoms with Crippen LogP contribution < -0.4 is 9.80 Å². The first-order valence-electron chi connectivity index (χ1n) is 11.8. The Labute approximate surface area is 209 Å². The Hall–Kier alpha value is -3.52. The van der Waals surface area contributed by atoms with Crippen molar-refractivity contribution in [2.75, 3.05) is 29.9 Å². The molecule has 0 N–H and O–H groups in total. The predicted octanol–water partition coefficient (Wildman–Crippen LogP) is 4.44. The third-order valence-electron chi connectivity index (χ3n) is 6.91. The number of piperidine rings is 1. The van der Waals surface area contributed by atoms with E-state index in [-0.39, 0.29) is 6.03 Å². The topological polar surface area (TPSA) is 82.5 Å². The minimum atomic E-state index is -0.748. The number of amides is 2. The van der Waals surface area contributed by atoms with E-state index in [1.54, 1.807) is 30.5 Å². The lowest BCUT2D eigenvalue weighted by molar-refractivity contribution is -0.108. The summed E-state index contributed by atoms with van der Waals surface area (Å²) in [6.45, 7) is 1.34. The summed E-state index contributed by atoms with van der Waals surface area (Å²) in [5.74, 6) is 1.66. The van der Waals surface area contributed by atoms with Crippen molar-refractivity contribution in [1.82, 2.24) is 19.9 Å². The Morgan fingerprint density at radius 2 is 1.83 bits per heavy atom. The summed E-state index contributed by atoms with van der Waals surface area (Å²) in [6.07, 6.45) is 9.00. The van der Waals surface area contributed by atoms with Gasteiger partial charge in [-0.1, -0.05) is 23.7 Å². The third kappa shape index (κ3) is 4.71. The zero-order chi connectivity index (χ0) is 24.4. The van der Waals surface area contributed by atoms with Crippen molar-refractivity contribution in [2.45, 2.75) is 31.8 Å². The molecule has 1 atom stereocenters. The van der Waals surface area contributed by atoms with Crippen molar-refractivity contribution < 1.29 is 9.59 Å². The summed E-state index contributed by atoms with van der Waals surface area (Å²) in [5, 5.41) is 0.752. The molecule has 0 aliphatic carbocycles. The second kappa shape index (κ2) is 10.00. The lowest BCUT2D eigenvalue weighted by atomic mass is 9.90. The van der Waals surface area contributed by atoms with E-state index in [2.05, 4.69) is 27.1 Å². The van der Waals surface area contributed by atoms with Crippen LogP contribution in [0.3, 0.4) is 0 Å². The molecule has 4 heterocycles. The Balaban J connectivity index is 1.26. The standard InChI is InChI=1S/C26H27ClN6O2/c1-31-23(17-34)33(22-16-29-24(30-25(22)31)20-8-12-28-13-9-20)26(35)32-14-10-19(11-15-32)3-2-18-4-6-21(27)7-5-18/h4-9,12-13,16-17,19,23H,2-3,10-11,14-15H2,1H3. The number of halogens is 1. The largest absolute Gasteiger partial charge is 0.331 e. The minimum Gasteiger partial charge on any atom is -0.331 e. The van der Waals surface area contributed by atoms with Gasteiger partial charge in [-0.05, 0) is 61.4 Å². The number of fused-ring (bicyclic) bond motifs is 1. The molecule has 1 aromatic carbocycles. The number of rotatable bonds is 5. The number of urea groups is 1. The maximum Gasteiger partial charge on any atom is 0.326 e. The van der Waals surface area contributed by atoms with Crippen molar-refractivity contribution in [3.05, 3.63) is 65.6 Å². The minimum absolute atomic E-state index is 0.177. The predicted molar refractivity (Wildman–Crippen MR) is 135 cm³/mol. The van der Waals surface area contributed by atoms with Crippen molar-refractivity contribution in [1.29, 1.82) is 0 Å². The molecule has 180 valence electrons. The van der Waals surface area contributed by atoms with Gasteiger partial charge in [-0.2, -0.15) is 0 Å². The average molecular weight is 491 g/mol. The van der Waals surface area contributed by atoms with E-state index in [1.807, 2.05) is 29.2 Å². The number of benzene rings is 1. The SMILES string of the molecule is CN1c2nc(-c3ccncc3)ncc2N(C(=O)N2CCC(CCc3ccc(Cl)cc3)CC2)C1C=O. The summed E-state index contributed by atoms with van der Waals surface area (Å²) in [7, 11) is 1.78. The van der Waals surface area contributed by atoms with Crippen LogP contribution in [0.25, 0.3) is 11.4 Å². The monoisotopic (exact) mass is 490 g/mol. The van der Waals surface area contributed by atoms with Gasteiger partial charge in [0.15, 0.2) is 24.1 Å². The molecule has 2 aliphatic heterocycles. The normalized spacial score (nSPS) is 18.0. The third-order valence-corrected chi connectivity index (χ3v) is 7.16. The van der Waals surface area contributed by atoms with Gasteiger partial charge in [0.05, 0.1) is 6.20 Å². The first-order chi connectivity index (χ1) is 17.0. The molecule has 0 radical (unpaired) electrons. The number of likely N-dealkylation sites (N-methyl/N-ethyl adjacent to an activating group) is 1. The number of nitrogens with zero attached hydrogens (tertiary/aromatic N) is 6. The van der Waals surface area contributed by atoms with Crippen LogP contribution in [-0.4, -0.2) is 58.5 Å². The Morgan fingerprint density at radius 3 is 2.51 bits per heavy atom. The van der Waals surface area contributed by atoms with E-state index >= 15 is 0 Å². The van der Waals surface area contributed by atoms with E-state index in [0.29, 0.717) is 36.3 Å². The maximum atomic E-state index is 13.5. The van der Waals surface area contributed by atoms with Gasteiger partial charge in [0.25, 0.3) is 0 Å². The molecule has 2 aromatic heterocycles. The number of pyridine rings is 1. The van der Waals surface area contributed by atoms with Gasteiger partial charge in [-0.3, -0.25) is 14.7 Å². The van der Waals surface area contributed by atoms with Crippen molar-refractivity contribution >= 4 is 35.4 Å². The molecule has 3 aromatic rings. The van der Waals surface area contributed by atoms with Crippen LogP contribution in [0.15, 0.2) is 55.0 Å². The van der Waals surface area contributed by atoms with Crippen molar-refractivity contribution in [3.63, 3.8) is 0 Å². The van der Waals surface area contributed by atoms with Crippen LogP contribution in [0.4, 0.5) is 16.3 Å². The highest BCUT2D eigenvalue weighted by atomic mass is 35.5. The molecule has 0 bridgehead atoms. The first-order valence-corrected chi connectivity index (χ1v) is 12.2. The zero-order valence-electron chi connectivity index (χ0n) is 19.5. The Morgan fingerprint density at radius 1 is 1.11 bits per heavy atom. The van der Waals surface area contributed by atoms with Gasteiger partial charge in [0.2, 0.25) is 0 Å². The number of hydrogen-bond donors (Lipinski definition) is 0. The molecular weight excluding hydrogens is 464 g/mol. The highest BCUT2D eigenvalue weighted by Gasteiger charge is 2.41. The molecule has 5 rings (SSSR count). The van der Waals surface area contributed by atoms with E-state index in [9.17, 15) is 9.59 Å². The van der Waals surface area contributed by atoms with Gasteiger partial charge >= 0.3 is 6.03 Å². The van der Waals surface area contributed by atoms with Gasteiger partial charge in [0.1, 0.15) is 5.69 Å². The lowest BCUT2D eigenvalue weighted by Gasteiger charge is -2.36. The van der Waals surface area contributed by atoms with Crippen LogP contribution in [0.2, 0.25) is 5.02 Å². The zero-order valence-corrected chi connectivity index (χ0v) is 20.3. The number of likely N-dealkylation sites (tertiary alicyclic amines) is 1. The second-order valence-corrected chi connectivity index (χ2v) is 9.48. The summed E-state index contributed by atoms with van der Waals surface area (Å²) >= 11 is 5.98. The molecule has 2 amide bonds. The average Bonchev–Trinajstić information content (AvgIpc) is 3.19. The molecule has 1 fully saturated rings. The summed E-state index contributed by atoms with van der Waals surface area (Å²) in [5.41, 5.74) is 2.66. The van der Waals surface area contributed by atoms with Gasteiger partial charge in [-0.15, -0.1) is 0 Å². The fourth-order valence-electron chi connectivity index (χ4n) is 4.83. The Kier molecular flexibility index (Phi) is 6.63. The lowest BCUT2D eigenvalue weighted by Crippen LogP contribution is -2.53. The molecule has 1 saturated heterocycles. The number of carbonyl (C=O) groups is 2. The van der Waals surface area contributed by atoms with Crippen LogP contribution in [0.1, 0.15) is 24.8 Å². The van der Waals surface area contributed by atoms with Gasteiger partial charge in [0, 0.05) is 43.1 Å². The van der Waals surface area contributed by atoms with Crippen LogP contribution in [-0.2, 0) is 11.2 Å². The summed E-state index contributed by atoms with van der Waals surface area (Å²) < 4.78 is 0. The van der Waals surface area contributed by atoms with E-state index in [1.165, 1.54) is 10.5 Å². The number of aryl methyl sites for hydroxylation is 1. The smallest absolute Gasteiger partial charge is 0.326 e. The highest BCUT2D eigenvalue weighted by molar-refractivity contribution is 6.30. The summed E-state index contributed by atoms with van der Waals surface area (Å²) in [6, 6.07) is 11.5. The number of aldehydes is 1. The fourth-order valence-corrected chi connectivity index (χ4v) is 4.96. The van der Waals surface area contributed by atoms with E-state index in [4.69, 9.17) is 11.6 Å². The number of anilines is 2. The molecule has 9 heteroatoms. The van der Waals surface area contributed by atoms with E-state index in [0.717, 1.165) is 42.6 Å². The van der Waals surface area contributed by atoms with Crippen LogP contribution >= 0.6 is 11.6 Å². The van der Waals surface area contributed by atoms with Crippen LogP contribution in [0, 0.1) is 5.92 Å². The fraction of sp³-hybridized carbons (Fsp3) is 0.346. The van der Waals surface area contributed by atoms with Gasteiger partial charge < -0.3 is 9.80 Å². The number of carbonyl (C=O) groups excluding carboxylic acids is 2. The highest BCUT2D eigenvalue weighted by Crippen LogP contribution is 2.38. The molecule has 8 nitrogen and oxygen atoms in total. The van der Waals surface area contributed by atoms with Crippen molar-refractivity contribution in [3.8, 4) is 11.4 Å². The molecule has 2 aliphatic rings. The maximum absolute atomic E-state index is 13.5. The summed E-state index contributed by atoms with van der Waals surface area (Å²) in [4.78, 5) is 43.8. The second-order valence-electron chi connectivity index (χ2n) is 9.05. The number of hydrogen-bond acceptors (Lipinski definition) is 6. The molecular formula is C26H27ClN6O2. The van der Waals surface area contributed by atoms with E-state index < -0.39 is 6.17 Å². The Bertz CT molecular complexity index is 1200. The molecule has 1 unspecified atom stereocenters.